The summed E-state index contributed by atoms with van der Waals surface area (Å²) in [6, 6.07) is 7.38. The fraction of sp³-hybridized carbons (Fsp3) is 0.462. The van der Waals surface area contributed by atoms with Crippen LogP contribution in [0.5, 0.6) is 0 Å². The van der Waals surface area contributed by atoms with Gasteiger partial charge in [0.05, 0.1) is 6.61 Å². The van der Waals surface area contributed by atoms with Crippen LogP contribution in [0.1, 0.15) is 25.8 Å². The van der Waals surface area contributed by atoms with E-state index in [0.29, 0.717) is 19.1 Å². The summed E-state index contributed by atoms with van der Waals surface area (Å²) in [6.07, 6.45) is 0.464. The number of benzene rings is 1. The Bertz CT molecular complexity index is 347. The minimum absolute atomic E-state index is 0.411. The number of hydrogen-bond donors (Lipinski definition) is 2. The highest BCUT2D eigenvalue weighted by molar-refractivity contribution is 5.84. The monoisotopic (exact) mass is 236 g/mol. The van der Waals surface area contributed by atoms with Crippen LogP contribution in [0.2, 0.25) is 0 Å². The predicted octanol–water partition coefficient (Wildman–Crippen LogP) is 2.74. The quantitative estimate of drug-likeness (QED) is 0.826. The van der Waals surface area contributed by atoms with Crippen molar-refractivity contribution < 1.29 is 9.53 Å². The van der Waals surface area contributed by atoms with Crippen molar-refractivity contribution in [3.63, 3.8) is 0 Å². The van der Waals surface area contributed by atoms with Gasteiger partial charge in [-0.1, -0.05) is 26.0 Å². The summed E-state index contributed by atoms with van der Waals surface area (Å²) in [4.78, 5) is 11.4. The Balaban J connectivity index is 2.34. The van der Waals surface area contributed by atoms with E-state index in [1.807, 2.05) is 24.3 Å². The van der Waals surface area contributed by atoms with E-state index in [4.69, 9.17) is 10.5 Å². The molecule has 94 valence electrons. The van der Waals surface area contributed by atoms with Crippen molar-refractivity contribution in [2.75, 3.05) is 11.9 Å². The number of nitrogens with one attached hydrogen (secondary N) is 1. The normalized spacial score (nSPS) is 10.4. The standard InChI is InChI=1S/C13H20N2O2/c1-10(2)7-8-17-13(16)15-12-5-3-11(9-14)4-6-12/h3-6,10H,7-9,14H2,1-2H3,(H,15,16). The molecule has 0 bridgehead atoms. The first kappa shape index (κ1) is 13.5. The predicted molar refractivity (Wildman–Crippen MR) is 68.8 cm³/mol. The maximum Gasteiger partial charge on any atom is 0.411 e. The van der Waals surface area contributed by atoms with Crippen LogP contribution in [0.4, 0.5) is 10.5 Å². The van der Waals surface area contributed by atoms with Crippen molar-refractivity contribution in [2.24, 2.45) is 11.7 Å². The first-order chi connectivity index (χ1) is 8.11. The molecule has 0 radical (unpaired) electrons. The number of carbonyl (C=O) groups excluding carboxylic acids is 1. The summed E-state index contributed by atoms with van der Waals surface area (Å²) in [5, 5.41) is 2.66. The molecule has 0 unspecified atom stereocenters. The Morgan fingerprint density at radius 1 is 1.35 bits per heavy atom. The zero-order valence-electron chi connectivity index (χ0n) is 10.4. The van der Waals surface area contributed by atoms with E-state index in [1.54, 1.807) is 0 Å². The first-order valence-corrected chi connectivity index (χ1v) is 5.84. The van der Waals surface area contributed by atoms with Crippen LogP contribution in [0, 0.1) is 5.92 Å². The van der Waals surface area contributed by atoms with Gasteiger partial charge in [-0.15, -0.1) is 0 Å². The second kappa shape index (κ2) is 6.91. The van der Waals surface area contributed by atoms with Crippen LogP contribution in [-0.4, -0.2) is 12.7 Å². The van der Waals surface area contributed by atoms with Crippen molar-refractivity contribution in [1.82, 2.24) is 0 Å². The molecule has 1 aromatic carbocycles. The van der Waals surface area contributed by atoms with Gasteiger partial charge in [-0.3, -0.25) is 5.32 Å². The maximum absolute atomic E-state index is 11.4. The summed E-state index contributed by atoms with van der Waals surface area (Å²) in [5.41, 5.74) is 7.23. The molecule has 0 spiro atoms. The largest absolute Gasteiger partial charge is 0.449 e. The smallest absolute Gasteiger partial charge is 0.411 e. The molecule has 0 aliphatic rings. The van der Waals surface area contributed by atoms with Crippen LogP contribution < -0.4 is 11.1 Å². The summed E-state index contributed by atoms with van der Waals surface area (Å²) in [5.74, 6) is 0.534. The van der Waals surface area contributed by atoms with E-state index in [-0.39, 0.29) is 0 Å². The molecule has 3 N–H and O–H groups in total. The topological polar surface area (TPSA) is 64.3 Å². The average molecular weight is 236 g/mol. The summed E-state index contributed by atoms with van der Waals surface area (Å²) < 4.78 is 5.04. The van der Waals surface area contributed by atoms with Crippen molar-refractivity contribution >= 4 is 11.8 Å². The van der Waals surface area contributed by atoms with E-state index < -0.39 is 6.09 Å². The van der Waals surface area contributed by atoms with Gasteiger partial charge in [0.2, 0.25) is 0 Å². The van der Waals surface area contributed by atoms with Gasteiger partial charge in [-0.25, -0.2) is 4.79 Å². The molecule has 0 atom stereocenters. The number of nitrogens with two attached hydrogens (primary N) is 1. The number of hydrogen-bond acceptors (Lipinski definition) is 3. The van der Waals surface area contributed by atoms with E-state index >= 15 is 0 Å². The van der Waals surface area contributed by atoms with Crippen LogP contribution in [0.25, 0.3) is 0 Å². The van der Waals surface area contributed by atoms with Gasteiger partial charge in [0.1, 0.15) is 0 Å². The molecule has 0 aliphatic heterocycles. The Kier molecular flexibility index (Phi) is 5.49. The molecular weight excluding hydrogens is 216 g/mol. The van der Waals surface area contributed by atoms with Gasteiger partial charge in [-0.05, 0) is 30.0 Å². The number of rotatable bonds is 5. The van der Waals surface area contributed by atoms with E-state index in [1.165, 1.54) is 0 Å². The highest BCUT2D eigenvalue weighted by Crippen LogP contribution is 2.09. The van der Waals surface area contributed by atoms with Gasteiger partial charge in [0.25, 0.3) is 0 Å². The molecule has 0 heterocycles. The number of carbonyl (C=O) groups is 1. The number of anilines is 1. The third-order valence-corrected chi connectivity index (χ3v) is 2.36. The van der Waals surface area contributed by atoms with Gasteiger partial charge >= 0.3 is 6.09 Å². The zero-order valence-corrected chi connectivity index (χ0v) is 10.4. The summed E-state index contributed by atoms with van der Waals surface area (Å²) >= 11 is 0. The van der Waals surface area contributed by atoms with Crippen LogP contribution >= 0.6 is 0 Å². The highest BCUT2D eigenvalue weighted by atomic mass is 16.5. The van der Waals surface area contributed by atoms with Gasteiger partial charge in [0, 0.05) is 12.2 Å². The molecule has 1 rings (SSSR count). The minimum Gasteiger partial charge on any atom is -0.449 e. The lowest BCUT2D eigenvalue weighted by molar-refractivity contribution is 0.155. The highest BCUT2D eigenvalue weighted by Gasteiger charge is 2.03. The second-order valence-electron chi connectivity index (χ2n) is 4.34. The molecule has 0 aliphatic carbocycles. The van der Waals surface area contributed by atoms with Gasteiger partial charge in [0.15, 0.2) is 0 Å². The van der Waals surface area contributed by atoms with Gasteiger partial charge < -0.3 is 10.5 Å². The molecule has 0 aromatic heterocycles. The van der Waals surface area contributed by atoms with Crippen molar-refractivity contribution in [3.05, 3.63) is 29.8 Å². The van der Waals surface area contributed by atoms with Crippen molar-refractivity contribution in [2.45, 2.75) is 26.8 Å². The van der Waals surface area contributed by atoms with E-state index in [2.05, 4.69) is 19.2 Å². The molecule has 17 heavy (non-hydrogen) atoms. The Labute approximate surface area is 102 Å². The number of ether oxygens (including phenoxy) is 1. The minimum atomic E-state index is -0.411. The molecule has 1 aromatic rings. The maximum atomic E-state index is 11.4. The SMILES string of the molecule is CC(C)CCOC(=O)Nc1ccc(CN)cc1. The average Bonchev–Trinajstić information content (AvgIpc) is 2.29. The molecule has 4 nitrogen and oxygen atoms in total. The fourth-order valence-electron chi connectivity index (χ4n) is 1.27. The van der Waals surface area contributed by atoms with E-state index in [0.717, 1.165) is 17.7 Å². The van der Waals surface area contributed by atoms with Crippen LogP contribution in [0.3, 0.4) is 0 Å². The molecule has 0 fully saturated rings. The lowest BCUT2D eigenvalue weighted by Gasteiger charge is -2.08. The third kappa shape index (κ3) is 5.36. The second-order valence-corrected chi connectivity index (χ2v) is 4.34. The summed E-state index contributed by atoms with van der Waals surface area (Å²) in [6.45, 7) is 5.13. The van der Waals surface area contributed by atoms with Crippen LogP contribution in [0.15, 0.2) is 24.3 Å². The Hall–Kier alpha value is -1.55. The zero-order chi connectivity index (χ0) is 12.7. The lowest BCUT2D eigenvalue weighted by atomic mass is 10.1. The molecule has 0 saturated carbocycles. The molecule has 0 saturated heterocycles. The number of amides is 1. The van der Waals surface area contributed by atoms with Crippen molar-refractivity contribution in [1.29, 1.82) is 0 Å². The summed E-state index contributed by atoms with van der Waals surface area (Å²) in [7, 11) is 0. The first-order valence-electron chi connectivity index (χ1n) is 5.84. The molecule has 1 amide bonds. The van der Waals surface area contributed by atoms with Gasteiger partial charge in [-0.2, -0.15) is 0 Å². The van der Waals surface area contributed by atoms with Crippen LogP contribution in [-0.2, 0) is 11.3 Å². The molecular formula is C13H20N2O2. The van der Waals surface area contributed by atoms with Crippen molar-refractivity contribution in [3.8, 4) is 0 Å². The Morgan fingerprint density at radius 2 is 2.00 bits per heavy atom. The van der Waals surface area contributed by atoms with E-state index in [9.17, 15) is 4.79 Å². The lowest BCUT2D eigenvalue weighted by Crippen LogP contribution is -2.15. The fourth-order valence-corrected chi connectivity index (χ4v) is 1.27. The molecule has 4 heteroatoms. The third-order valence-electron chi connectivity index (χ3n) is 2.36. The Morgan fingerprint density at radius 3 is 2.53 bits per heavy atom.